The number of aldehydes is 1. The molecule has 1 heterocycles. The molecule has 2 nitrogen and oxygen atoms in total. The van der Waals surface area contributed by atoms with Crippen molar-refractivity contribution in [2.45, 2.75) is 6.92 Å². The number of pyridine rings is 1. The molecule has 2 aromatic carbocycles. The summed E-state index contributed by atoms with van der Waals surface area (Å²) in [6, 6.07) is 14.0. The number of rotatable bonds is 1. The molecule has 0 N–H and O–H groups in total. The Morgan fingerprint density at radius 1 is 0.941 bits per heavy atom. The third-order valence-corrected chi connectivity index (χ3v) is 3.07. The van der Waals surface area contributed by atoms with Gasteiger partial charge in [-0.15, -0.1) is 0 Å². The molecule has 0 unspecified atom stereocenters. The van der Waals surface area contributed by atoms with Crippen LogP contribution in [0.3, 0.4) is 0 Å². The van der Waals surface area contributed by atoms with Gasteiger partial charge in [-0.3, -0.25) is 4.79 Å². The molecule has 0 amide bonds. The third-order valence-electron chi connectivity index (χ3n) is 3.07. The predicted molar refractivity (Wildman–Crippen MR) is 69.4 cm³/mol. The number of para-hydroxylation sites is 1. The molecule has 2 heteroatoms. The Morgan fingerprint density at radius 2 is 1.65 bits per heavy atom. The van der Waals surface area contributed by atoms with E-state index < -0.39 is 0 Å². The number of hydrogen-bond donors (Lipinski definition) is 0. The Morgan fingerprint density at radius 3 is 2.41 bits per heavy atom. The quantitative estimate of drug-likeness (QED) is 0.465. The van der Waals surface area contributed by atoms with E-state index in [0.717, 1.165) is 33.5 Å². The maximum atomic E-state index is 11.1. The Bertz CT molecular complexity index is 731. The van der Waals surface area contributed by atoms with Crippen molar-refractivity contribution in [3.8, 4) is 0 Å². The summed E-state index contributed by atoms with van der Waals surface area (Å²) in [4.78, 5) is 15.6. The molecule has 3 rings (SSSR count). The average Bonchev–Trinajstić information content (AvgIpc) is 2.38. The first kappa shape index (κ1) is 9.97. The highest BCUT2D eigenvalue weighted by Crippen LogP contribution is 2.27. The van der Waals surface area contributed by atoms with Gasteiger partial charge in [0, 0.05) is 10.8 Å². The lowest BCUT2D eigenvalue weighted by atomic mass is 10.0. The molecule has 0 saturated carbocycles. The molecule has 0 radical (unpaired) electrons. The maximum absolute atomic E-state index is 11.1. The topological polar surface area (TPSA) is 30.0 Å². The van der Waals surface area contributed by atoms with Crippen LogP contribution in [0.25, 0.3) is 21.7 Å². The second kappa shape index (κ2) is 3.67. The normalized spacial score (nSPS) is 10.9. The van der Waals surface area contributed by atoms with Crippen molar-refractivity contribution in [3.63, 3.8) is 0 Å². The van der Waals surface area contributed by atoms with Crippen LogP contribution in [-0.2, 0) is 0 Å². The van der Waals surface area contributed by atoms with E-state index in [1.54, 1.807) is 0 Å². The van der Waals surface area contributed by atoms with Crippen molar-refractivity contribution in [1.82, 2.24) is 4.98 Å². The van der Waals surface area contributed by atoms with Crippen LogP contribution in [0.15, 0.2) is 42.5 Å². The lowest BCUT2D eigenvalue weighted by Gasteiger charge is -2.07. The zero-order chi connectivity index (χ0) is 11.8. The Hall–Kier alpha value is -2.22. The summed E-state index contributed by atoms with van der Waals surface area (Å²) in [5, 5.41) is 3.11. The van der Waals surface area contributed by atoms with Crippen LogP contribution >= 0.6 is 0 Å². The van der Waals surface area contributed by atoms with Crippen molar-refractivity contribution in [2.75, 3.05) is 0 Å². The van der Waals surface area contributed by atoms with Crippen LogP contribution in [0.2, 0.25) is 0 Å². The van der Waals surface area contributed by atoms with Crippen LogP contribution in [0.1, 0.15) is 16.1 Å². The molecule has 0 spiro atoms. The Balaban J connectivity index is 2.64. The van der Waals surface area contributed by atoms with Gasteiger partial charge in [0.1, 0.15) is 5.69 Å². The number of hydrogen-bond acceptors (Lipinski definition) is 2. The minimum Gasteiger partial charge on any atom is -0.296 e. The third kappa shape index (κ3) is 1.41. The fraction of sp³-hybridized carbons (Fsp3) is 0.0667. The van der Waals surface area contributed by atoms with Gasteiger partial charge >= 0.3 is 0 Å². The van der Waals surface area contributed by atoms with E-state index in [1.807, 2.05) is 49.4 Å². The summed E-state index contributed by atoms with van der Waals surface area (Å²) in [5.74, 6) is 0. The lowest BCUT2D eigenvalue weighted by molar-refractivity contribution is 0.112. The summed E-state index contributed by atoms with van der Waals surface area (Å²) >= 11 is 0. The van der Waals surface area contributed by atoms with E-state index in [4.69, 9.17) is 0 Å². The predicted octanol–water partition coefficient (Wildman–Crippen LogP) is 3.51. The number of carbonyl (C=O) groups excluding carboxylic acids is 1. The monoisotopic (exact) mass is 221 g/mol. The van der Waals surface area contributed by atoms with Gasteiger partial charge < -0.3 is 0 Å². The minimum atomic E-state index is 0.516. The minimum absolute atomic E-state index is 0.516. The molecule has 0 aliphatic heterocycles. The lowest BCUT2D eigenvalue weighted by Crippen LogP contribution is -1.93. The summed E-state index contributed by atoms with van der Waals surface area (Å²) in [6.45, 7) is 2.01. The van der Waals surface area contributed by atoms with Crippen molar-refractivity contribution in [1.29, 1.82) is 0 Å². The standard InChI is InChI=1S/C15H11NO/c1-10-5-4-8-13-11-6-2-3-7-12(11)14(9-17)16-15(10)13/h2-9H,1H3. The van der Waals surface area contributed by atoms with Crippen LogP contribution in [-0.4, -0.2) is 11.3 Å². The van der Waals surface area contributed by atoms with E-state index in [-0.39, 0.29) is 0 Å². The van der Waals surface area contributed by atoms with Crippen LogP contribution in [0, 0.1) is 6.92 Å². The molecule has 1 aromatic heterocycles. The maximum Gasteiger partial charge on any atom is 0.169 e. The molecule has 0 bridgehead atoms. The fourth-order valence-electron chi connectivity index (χ4n) is 2.24. The number of aryl methyl sites for hydroxylation is 1. The molecule has 17 heavy (non-hydrogen) atoms. The first-order valence-electron chi connectivity index (χ1n) is 5.54. The van der Waals surface area contributed by atoms with Crippen molar-refractivity contribution >= 4 is 28.0 Å². The second-order valence-corrected chi connectivity index (χ2v) is 4.13. The molecule has 0 fully saturated rings. The van der Waals surface area contributed by atoms with Gasteiger partial charge in [-0.1, -0.05) is 42.5 Å². The number of fused-ring (bicyclic) bond motifs is 3. The van der Waals surface area contributed by atoms with Crippen LogP contribution < -0.4 is 0 Å². The van der Waals surface area contributed by atoms with Gasteiger partial charge in [0.05, 0.1) is 5.52 Å². The van der Waals surface area contributed by atoms with Gasteiger partial charge in [-0.25, -0.2) is 4.98 Å². The SMILES string of the molecule is Cc1cccc2c1nc(C=O)c1ccccc12. The first-order valence-corrected chi connectivity index (χ1v) is 5.54. The van der Waals surface area contributed by atoms with Crippen molar-refractivity contribution in [2.24, 2.45) is 0 Å². The Labute approximate surface area is 98.9 Å². The zero-order valence-electron chi connectivity index (χ0n) is 9.47. The number of aromatic nitrogens is 1. The van der Waals surface area contributed by atoms with E-state index in [0.29, 0.717) is 5.69 Å². The molecule has 0 aliphatic carbocycles. The Kier molecular flexibility index (Phi) is 2.15. The van der Waals surface area contributed by atoms with Gasteiger partial charge in [-0.05, 0) is 17.9 Å². The summed E-state index contributed by atoms with van der Waals surface area (Å²) < 4.78 is 0. The summed E-state index contributed by atoms with van der Waals surface area (Å²) in [6.07, 6.45) is 0.828. The van der Waals surface area contributed by atoms with Gasteiger partial charge in [0.15, 0.2) is 6.29 Å². The highest BCUT2D eigenvalue weighted by molar-refractivity contribution is 6.11. The highest BCUT2D eigenvalue weighted by atomic mass is 16.1. The van der Waals surface area contributed by atoms with Gasteiger partial charge in [0.25, 0.3) is 0 Å². The molecule has 0 atom stereocenters. The largest absolute Gasteiger partial charge is 0.296 e. The van der Waals surface area contributed by atoms with E-state index in [2.05, 4.69) is 4.98 Å². The van der Waals surface area contributed by atoms with E-state index in [1.165, 1.54) is 0 Å². The van der Waals surface area contributed by atoms with Crippen molar-refractivity contribution < 1.29 is 4.79 Å². The van der Waals surface area contributed by atoms with E-state index in [9.17, 15) is 4.79 Å². The molecule has 3 aromatic rings. The zero-order valence-corrected chi connectivity index (χ0v) is 9.47. The first-order chi connectivity index (χ1) is 8.31. The average molecular weight is 221 g/mol. The number of carbonyl (C=O) groups is 1. The van der Waals surface area contributed by atoms with Crippen LogP contribution in [0.4, 0.5) is 0 Å². The smallest absolute Gasteiger partial charge is 0.169 e. The second-order valence-electron chi connectivity index (χ2n) is 4.13. The molecule has 82 valence electrons. The molecule has 0 saturated heterocycles. The van der Waals surface area contributed by atoms with Gasteiger partial charge in [-0.2, -0.15) is 0 Å². The summed E-state index contributed by atoms with van der Waals surface area (Å²) in [5.41, 5.74) is 2.52. The van der Waals surface area contributed by atoms with Crippen molar-refractivity contribution in [3.05, 3.63) is 53.7 Å². The molecular formula is C15H11NO. The number of benzene rings is 2. The molecule has 0 aliphatic rings. The molecular weight excluding hydrogens is 210 g/mol. The van der Waals surface area contributed by atoms with Crippen LogP contribution in [0.5, 0.6) is 0 Å². The number of nitrogens with zero attached hydrogens (tertiary/aromatic N) is 1. The van der Waals surface area contributed by atoms with Gasteiger partial charge in [0.2, 0.25) is 0 Å². The summed E-state index contributed by atoms with van der Waals surface area (Å²) in [7, 11) is 0. The van der Waals surface area contributed by atoms with E-state index >= 15 is 0 Å². The highest BCUT2D eigenvalue weighted by Gasteiger charge is 2.08. The fourth-order valence-corrected chi connectivity index (χ4v) is 2.24.